The zero-order valence-corrected chi connectivity index (χ0v) is 16.8. The maximum atomic E-state index is 14.0. The molecule has 5 nitrogen and oxygen atoms in total. The van der Waals surface area contributed by atoms with E-state index >= 15 is 0 Å². The first-order chi connectivity index (χ1) is 15.0. The molecule has 0 spiro atoms. The molecule has 0 N–H and O–H groups in total. The summed E-state index contributed by atoms with van der Waals surface area (Å²) in [6, 6.07) is 14.5. The van der Waals surface area contributed by atoms with E-state index in [4.69, 9.17) is 8.83 Å². The van der Waals surface area contributed by atoms with Crippen LogP contribution in [-0.2, 0) is 17.8 Å². The standard InChI is InChI=1S/C24H20F2N2O3/c1-16-4-7-18(8-5-16)28(15-19-3-2-12-30-19)24(29)11-10-23-27-14-22(31-23)20-9-6-17(25)13-21(20)26/h2-9,12-14H,10-11,15H2,1H3. The van der Waals surface area contributed by atoms with E-state index in [1.165, 1.54) is 12.3 Å². The molecule has 0 aliphatic carbocycles. The Kier molecular flexibility index (Phi) is 5.93. The third kappa shape index (κ3) is 4.88. The summed E-state index contributed by atoms with van der Waals surface area (Å²) in [5.41, 5.74) is 1.97. The average molecular weight is 422 g/mol. The van der Waals surface area contributed by atoms with Crippen molar-refractivity contribution in [2.24, 2.45) is 0 Å². The number of oxazole rings is 1. The second-order valence-corrected chi connectivity index (χ2v) is 7.14. The molecular weight excluding hydrogens is 402 g/mol. The van der Waals surface area contributed by atoms with Crippen LogP contribution in [0.5, 0.6) is 0 Å². The maximum Gasteiger partial charge on any atom is 0.227 e. The van der Waals surface area contributed by atoms with E-state index in [9.17, 15) is 13.6 Å². The van der Waals surface area contributed by atoms with Gasteiger partial charge in [-0.2, -0.15) is 0 Å². The van der Waals surface area contributed by atoms with E-state index in [1.54, 1.807) is 17.2 Å². The Hall–Kier alpha value is -3.74. The van der Waals surface area contributed by atoms with Crippen molar-refractivity contribution in [1.82, 2.24) is 4.98 Å². The van der Waals surface area contributed by atoms with Gasteiger partial charge >= 0.3 is 0 Å². The van der Waals surface area contributed by atoms with Gasteiger partial charge in [0.2, 0.25) is 5.91 Å². The Morgan fingerprint density at radius 3 is 2.61 bits per heavy atom. The predicted octanol–water partition coefficient (Wildman–Crippen LogP) is 5.69. The Morgan fingerprint density at radius 2 is 1.90 bits per heavy atom. The normalized spacial score (nSPS) is 10.9. The number of rotatable bonds is 7. The van der Waals surface area contributed by atoms with Crippen LogP contribution >= 0.6 is 0 Å². The summed E-state index contributed by atoms with van der Waals surface area (Å²) in [5, 5.41) is 0. The van der Waals surface area contributed by atoms with Crippen LogP contribution in [0.15, 0.2) is 75.9 Å². The van der Waals surface area contributed by atoms with Gasteiger partial charge in [-0.25, -0.2) is 13.8 Å². The van der Waals surface area contributed by atoms with Gasteiger partial charge in [0.1, 0.15) is 17.4 Å². The average Bonchev–Trinajstić information content (AvgIpc) is 3.43. The number of benzene rings is 2. The van der Waals surface area contributed by atoms with Crippen LogP contribution in [0.3, 0.4) is 0 Å². The van der Waals surface area contributed by atoms with Gasteiger partial charge in [-0.1, -0.05) is 17.7 Å². The molecule has 0 aliphatic rings. The minimum absolute atomic E-state index is 0.116. The first-order valence-electron chi connectivity index (χ1n) is 9.79. The molecule has 7 heteroatoms. The van der Waals surface area contributed by atoms with Crippen LogP contribution < -0.4 is 4.90 Å². The van der Waals surface area contributed by atoms with Crippen LogP contribution in [0.2, 0.25) is 0 Å². The number of furan rings is 1. The van der Waals surface area contributed by atoms with Crippen molar-refractivity contribution in [1.29, 1.82) is 0 Å². The van der Waals surface area contributed by atoms with Crippen molar-refractivity contribution in [2.45, 2.75) is 26.3 Å². The molecule has 1 amide bonds. The fraction of sp³-hybridized carbons (Fsp3) is 0.167. The summed E-state index contributed by atoms with van der Waals surface area (Å²) in [5.74, 6) is -0.381. The van der Waals surface area contributed by atoms with Crippen molar-refractivity contribution < 1.29 is 22.4 Å². The molecule has 2 aromatic heterocycles. The van der Waals surface area contributed by atoms with Gasteiger partial charge in [-0.05, 0) is 43.3 Å². The monoisotopic (exact) mass is 422 g/mol. The smallest absolute Gasteiger partial charge is 0.227 e. The Morgan fingerprint density at radius 1 is 1.10 bits per heavy atom. The fourth-order valence-corrected chi connectivity index (χ4v) is 3.20. The highest BCUT2D eigenvalue weighted by atomic mass is 19.1. The number of carbonyl (C=O) groups is 1. The molecule has 0 radical (unpaired) electrons. The molecule has 0 bridgehead atoms. The van der Waals surface area contributed by atoms with Gasteiger partial charge in [-0.3, -0.25) is 4.79 Å². The second kappa shape index (κ2) is 8.95. The molecule has 2 aromatic carbocycles. The highest BCUT2D eigenvalue weighted by Gasteiger charge is 2.19. The van der Waals surface area contributed by atoms with E-state index in [0.29, 0.717) is 18.2 Å². The summed E-state index contributed by atoms with van der Waals surface area (Å²) in [6.45, 7) is 2.28. The van der Waals surface area contributed by atoms with Crippen molar-refractivity contribution >= 4 is 11.6 Å². The fourth-order valence-electron chi connectivity index (χ4n) is 3.20. The number of amides is 1. The molecule has 4 rings (SSSR count). The Labute approximate surface area is 177 Å². The molecule has 0 atom stereocenters. The zero-order chi connectivity index (χ0) is 21.8. The number of aromatic nitrogens is 1. The van der Waals surface area contributed by atoms with Gasteiger partial charge < -0.3 is 13.7 Å². The number of hydrogen-bond acceptors (Lipinski definition) is 4. The lowest BCUT2D eigenvalue weighted by Gasteiger charge is -2.22. The van der Waals surface area contributed by atoms with Gasteiger partial charge in [0.15, 0.2) is 11.7 Å². The largest absolute Gasteiger partial charge is 0.467 e. The van der Waals surface area contributed by atoms with Crippen molar-refractivity contribution in [3.05, 3.63) is 95.9 Å². The molecule has 0 fully saturated rings. The SMILES string of the molecule is Cc1ccc(N(Cc2ccco2)C(=O)CCc2ncc(-c3ccc(F)cc3F)o2)cc1. The quantitative estimate of drug-likeness (QED) is 0.384. The summed E-state index contributed by atoms with van der Waals surface area (Å²) in [7, 11) is 0. The van der Waals surface area contributed by atoms with E-state index < -0.39 is 11.6 Å². The van der Waals surface area contributed by atoms with Crippen LogP contribution in [-0.4, -0.2) is 10.9 Å². The van der Waals surface area contributed by atoms with Gasteiger partial charge in [0.25, 0.3) is 0 Å². The third-order valence-electron chi connectivity index (χ3n) is 4.84. The topological polar surface area (TPSA) is 59.5 Å². The molecule has 158 valence electrons. The Balaban J connectivity index is 1.47. The number of carbonyl (C=O) groups excluding carboxylic acids is 1. The van der Waals surface area contributed by atoms with Crippen LogP contribution in [0, 0.1) is 18.6 Å². The minimum Gasteiger partial charge on any atom is -0.467 e. The van der Waals surface area contributed by atoms with Crippen LogP contribution in [0.4, 0.5) is 14.5 Å². The molecule has 31 heavy (non-hydrogen) atoms. The summed E-state index contributed by atoms with van der Waals surface area (Å²) in [6.07, 6.45) is 3.31. The first kappa shape index (κ1) is 20.5. The number of halogens is 2. The minimum atomic E-state index is -0.734. The summed E-state index contributed by atoms with van der Waals surface area (Å²) < 4.78 is 38.1. The van der Waals surface area contributed by atoms with Crippen molar-refractivity contribution in [2.75, 3.05) is 4.90 Å². The van der Waals surface area contributed by atoms with Crippen LogP contribution in [0.25, 0.3) is 11.3 Å². The van der Waals surface area contributed by atoms with Gasteiger partial charge in [0.05, 0.1) is 24.6 Å². The summed E-state index contributed by atoms with van der Waals surface area (Å²) >= 11 is 0. The molecule has 0 aliphatic heterocycles. The third-order valence-corrected chi connectivity index (χ3v) is 4.84. The first-order valence-corrected chi connectivity index (χ1v) is 9.79. The van der Waals surface area contributed by atoms with Crippen molar-refractivity contribution in [3.63, 3.8) is 0 Å². The lowest BCUT2D eigenvalue weighted by Crippen LogP contribution is -2.30. The highest BCUT2D eigenvalue weighted by molar-refractivity contribution is 5.93. The molecular formula is C24H20F2N2O3. The van der Waals surface area contributed by atoms with E-state index in [-0.39, 0.29) is 30.1 Å². The van der Waals surface area contributed by atoms with Crippen molar-refractivity contribution in [3.8, 4) is 11.3 Å². The number of anilines is 1. The van der Waals surface area contributed by atoms with Gasteiger partial charge in [-0.15, -0.1) is 0 Å². The molecule has 0 saturated carbocycles. The van der Waals surface area contributed by atoms with Crippen LogP contribution in [0.1, 0.15) is 23.6 Å². The number of hydrogen-bond donors (Lipinski definition) is 0. The number of aryl methyl sites for hydroxylation is 2. The lowest BCUT2D eigenvalue weighted by atomic mass is 10.2. The number of nitrogens with zero attached hydrogens (tertiary/aromatic N) is 2. The maximum absolute atomic E-state index is 14.0. The Bertz CT molecular complexity index is 1170. The molecule has 0 unspecified atom stereocenters. The zero-order valence-electron chi connectivity index (χ0n) is 16.8. The highest BCUT2D eigenvalue weighted by Crippen LogP contribution is 2.25. The van der Waals surface area contributed by atoms with E-state index in [1.807, 2.05) is 37.3 Å². The molecule has 0 saturated heterocycles. The van der Waals surface area contributed by atoms with E-state index in [2.05, 4.69) is 4.98 Å². The van der Waals surface area contributed by atoms with Gasteiger partial charge in [0, 0.05) is 24.6 Å². The molecule has 2 heterocycles. The predicted molar refractivity (Wildman–Crippen MR) is 111 cm³/mol. The van der Waals surface area contributed by atoms with E-state index in [0.717, 1.165) is 23.4 Å². The summed E-state index contributed by atoms with van der Waals surface area (Å²) in [4.78, 5) is 18.8. The lowest BCUT2D eigenvalue weighted by molar-refractivity contribution is -0.118. The molecule has 4 aromatic rings. The second-order valence-electron chi connectivity index (χ2n) is 7.14.